The summed E-state index contributed by atoms with van der Waals surface area (Å²) < 4.78 is 5.17. The van der Waals surface area contributed by atoms with Crippen molar-refractivity contribution >= 4 is 0 Å². The molecule has 0 aromatic heterocycles. The van der Waals surface area contributed by atoms with Gasteiger partial charge in [0.15, 0.2) is 6.29 Å². The van der Waals surface area contributed by atoms with E-state index >= 15 is 0 Å². The minimum Gasteiger partial charge on any atom is -0.510 e. The van der Waals surface area contributed by atoms with Crippen molar-refractivity contribution in [2.75, 3.05) is 6.61 Å². The quantitative estimate of drug-likeness (QED) is 0.524. The van der Waals surface area contributed by atoms with Gasteiger partial charge in [-0.2, -0.15) is 0 Å². The predicted octanol–water partition coefficient (Wildman–Crippen LogP) is 0.305. The van der Waals surface area contributed by atoms with Gasteiger partial charge < -0.3 is 25.2 Å². The summed E-state index contributed by atoms with van der Waals surface area (Å²) in [5.74, 6) is -0.319. The van der Waals surface area contributed by atoms with Gasteiger partial charge in [-0.3, -0.25) is 0 Å². The highest BCUT2D eigenvalue weighted by atomic mass is 16.6. The summed E-state index contributed by atoms with van der Waals surface area (Å²) in [6.45, 7) is 3.99. The second kappa shape index (κ2) is 5.14. The second-order valence-corrected chi connectivity index (χ2v) is 4.51. The third-order valence-electron chi connectivity index (χ3n) is 2.84. The van der Waals surface area contributed by atoms with Crippen LogP contribution in [0.4, 0.5) is 0 Å². The van der Waals surface area contributed by atoms with Crippen molar-refractivity contribution in [1.29, 1.82) is 0 Å². The van der Waals surface area contributed by atoms with Crippen molar-refractivity contribution in [3.8, 4) is 0 Å². The van der Waals surface area contributed by atoms with E-state index in [-0.39, 0.29) is 12.2 Å². The minimum atomic E-state index is -1.27. The molecule has 0 spiro atoms. The fourth-order valence-electron chi connectivity index (χ4n) is 1.83. The lowest BCUT2D eigenvalue weighted by Crippen LogP contribution is -2.44. The fourth-order valence-corrected chi connectivity index (χ4v) is 1.83. The number of hydrogen-bond donors (Lipinski definition) is 4. The Hall–Kier alpha value is -0.620. The van der Waals surface area contributed by atoms with Crippen LogP contribution >= 0.6 is 0 Å². The molecule has 1 aliphatic rings. The molecule has 0 aliphatic heterocycles. The van der Waals surface area contributed by atoms with Crippen LogP contribution in [-0.4, -0.2) is 45.5 Å². The van der Waals surface area contributed by atoms with Crippen LogP contribution in [0, 0.1) is 5.41 Å². The molecule has 4 unspecified atom stereocenters. The van der Waals surface area contributed by atoms with Crippen LogP contribution in [0.5, 0.6) is 0 Å². The highest BCUT2D eigenvalue weighted by Gasteiger charge is 2.41. The molecule has 0 amide bonds. The van der Waals surface area contributed by atoms with E-state index in [2.05, 4.69) is 0 Å². The summed E-state index contributed by atoms with van der Waals surface area (Å²) in [6.07, 6.45) is -1.19. The Labute approximate surface area is 95.0 Å². The predicted molar refractivity (Wildman–Crippen MR) is 57.7 cm³/mol. The standard InChI is InChI=1S/C11H20O5/c1-3-4-16-10(15)11(2)5-7(12)9(14)8(13)6-11/h5,8-10,12-15H,3-4,6H2,1-2H3. The van der Waals surface area contributed by atoms with E-state index in [1.165, 1.54) is 6.08 Å². The van der Waals surface area contributed by atoms with Crippen molar-refractivity contribution in [1.82, 2.24) is 0 Å². The van der Waals surface area contributed by atoms with E-state index in [0.717, 1.165) is 6.42 Å². The normalized spacial score (nSPS) is 36.9. The molecule has 1 aliphatic carbocycles. The average Bonchev–Trinajstić information content (AvgIpc) is 2.22. The molecule has 1 rings (SSSR count). The molecular weight excluding hydrogens is 212 g/mol. The van der Waals surface area contributed by atoms with E-state index in [4.69, 9.17) is 4.74 Å². The maximum absolute atomic E-state index is 9.82. The molecule has 0 heterocycles. The molecule has 5 nitrogen and oxygen atoms in total. The van der Waals surface area contributed by atoms with Gasteiger partial charge in [0.1, 0.15) is 11.9 Å². The zero-order valence-corrected chi connectivity index (χ0v) is 9.63. The van der Waals surface area contributed by atoms with Crippen molar-refractivity contribution in [2.45, 2.75) is 45.2 Å². The summed E-state index contributed by atoms with van der Waals surface area (Å²) in [6, 6.07) is 0. The number of rotatable bonds is 4. The van der Waals surface area contributed by atoms with Gasteiger partial charge in [0.05, 0.1) is 6.10 Å². The molecule has 4 N–H and O–H groups in total. The van der Waals surface area contributed by atoms with Gasteiger partial charge in [-0.1, -0.05) is 13.8 Å². The summed E-state index contributed by atoms with van der Waals surface area (Å²) in [7, 11) is 0. The Morgan fingerprint density at radius 3 is 2.69 bits per heavy atom. The fraction of sp³-hybridized carbons (Fsp3) is 0.818. The lowest BCUT2D eigenvalue weighted by atomic mass is 9.77. The third-order valence-corrected chi connectivity index (χ3v) is 2.84. The van der Waals surface area contributed by atoms with Crippen LogP contribution in [0.25, 0.3) is 0 Å². The van der Waals surface area contributed by atoms with Crippen LogP contribution in [-0.2, 0) is 4.74 Å². The Kier molecular flexibility index (Phi) is 4.32. The summed E-state index contributed by atoms with van der Waals surface area (Å²) in [5, 5.41) is 38.1. The van der Waals surface area contributed by atoms with E-state index in [1.807, 2.05) is 6.92 Å². The maximum Gasteiger partial charge on any atom is 0.163 e. The first-order valence-electron chi connectivity index (χ1n) is 5.48. The van der Waals surface area contributed by atoms with Crippen LogP contribution in [0.15, 0.2) is 11.8 Å². The molecule has 0 bridgehead atoms. The van der Waals surface area contributed by atoms with Gasteiger partial charge in [0.2, 0.25) is 0 Å². The Morgan fingerprint density at radius 1 is 1.56 bits per heavy atom. The zero-order valence-electron chi connectivity index (χ0n) is 9.63. The van der Waals surface area contributed by atoms with Gasteiger partial charge in [-0.25, -0.2) is 0 Å². The molecule has 16 heavy (non-hydrogen) atoms. The topological polar surface area (TPSA) is 90.2 Å². The van der Waals surface area contributed by atoms with E-state index in [0.29, 0.717) is 6.61 Å². The lowest BCUT2D eigenvalue weighted by molar-refractivity contribution is -0.172. The first kappa shape index (κ1) is 13.4. The molecule has 94 valence electrons. The first-order valence-corrected chi connectivity index (χ1v) is 5.48. The van der Waals surface area contributed by atoms with Gasteiger partial charge in [-0.15, -0.1) is 0 Å². The average molecular weight is 232 g/mol. The van der Waals surface area contributed by atoms with Gasteiger partial charge in [0.25, 0.3) is 0 Å². The number of aliphatic hydroxyl groups excluding tert-OH is 4. The summed E-state index contributed by atoms with van der Waals surface area (Å²) >= 11 is 0. The SMILES string of the molecule is CCCOC(O)C1(C)C=C(O)C(O)C(O)C1. The highest BCUT2D eigenvalue weighted by Crippen LogP contribution is 2.37. The summed E-state index contributed by atoms with van der Waals surface area (Å²) in [5.41, 5.74) is -0.877. The zero-order chi connectivity index (χ0) is 12.3. The van der Waals surface area contributed by atoms with Crippen molar-refractivity contribution < 1.29 is 25.2 Å². The maximum atomic E-state index is 9.82. The summed E-state index contributed by atoms with van der Waals surface area (Å²) in [4.78, 5) is 0. The molecule has 0 saturated heterocycles. The van der Waals surface area contributed by atoms with Crippen LogP contribution < -0.4 is 0 Å². The van der Waals surface area contributed by atoms with Crippen molar-refractivity contribution in [3.63, 3.8) is 0 Å². The lowest BCUT2D eigenvalue weighted by Gasteiger charge is -2.38. The molecule has 0 radical (unpaired) electrons. The molecule has 0 aromatic rings. The Bertz CT molecular complexity index is 265. The smallest absolute Gasteiger partial charge is 0.163 e. The van der Waals surface area contributed by atoms with E-state index < -0.39 is 23.9 Å². The Morgan fingerprint density at radius 2 is 2.19 bits per heavy atom. The highest BCUT2D eigenvalue weighted by molar-refractivity contribution is 5.14. The monoisotopic (exact) mass is 232 g/mol. The van der Waals surface area contributed by atoms with E-state index in [1.54, 1.807) is 6.92 Å². The van der Waals surface area contributed by atoms with Crippen LogP contribution in [0.1, 0.15) is 26.7 Å². The minimum absolute atomic E-state index is 0.142. The van der Waals surface area contributed by atoms with Crippen molar-refractivity contribution in [2.24, 2.45) is 5.41 Å². The Balaban J connectivity index is 2.77. The van der Waals surface area contributed by atoms with Crippen molar-refractivity contribution in [3.05, 3.63) is 11.8 Å². The first-order chi connectivity index (χ1) is 7.40. The number of aliphatic hydroxyl groups is 4. The molecule has 0 saturated carbocycles. The molecule has 5 heteroatoms. The molecule has 0 fully saturated rings. The number of ether oxygens (including phenoxy) is 1. The second-order valence-electron chi connectivity index (χ2n) is 4.51. The third kappa shape index (κ3) is 2.74. The number of hydrogen-bond acceptors (Lipinski definition) is 5. The van der Waals surface area contributed by atoms with E-state index in [9.17, 15) is 20.4 Å². The van der Waals surface area contributed by atoms with Gasteiger partial charge >= 0.3 is 0 Å². The van der Waals surface area contributed by atoms with Gasteiger partial charge in [-0.05, 0) is 18.9 Å². The molecule has 4 atom stereocenters. The molecule has 0 aromatic carbocycles. The molecular formula is C11H20O5. The van der Waals surface area contributed by atoms with Crippen LogP contribution in [0.3, 0.4) is 0 Å². The van der Waals surface area contributed by atoms with Crippen LogP contribution in [0.2, 0.25) is 0 Å². The largest absolute Gasteiger partial charge is 0.510 e. The van der Waals surface area contributed by atoms with Gasteiger partial charge in [0, 0.05) is 12.0 Å².